The van der Waals surface area contributed by atoms with Crippen molar-refractivity contribution in [1.82, 2.24) is 0 Å². The molecule has 186 valence electrons. The van der Waals surface area contributed by atoms with Crippen LogP contribution >= 0.6 is 0 Å². The highest BCUT2D eigenvalue weighted by molar-refractivity contribution is 6.11. The van der Waals surface area contributed by atoms with Crippen LogP contribution < -0.4 is 9.47 Å². The van der Waals surface area contributed by atoms with Crippen molar-refractivity contribution in [3.05, 3.63) is 48.0 Å². The SMILES string of the molecule is CCCCCCCOc1c2ccccc2c(OCCCCCCC)c2cc(C(C)(C)C)ccc12. The minimum Gasteiger partial charge on any atom is -0.492 e. The zero-order chi connectivity index (χ0) is 24.4. The Morgan fingerprint density at radius 2 is 1.03 bits per heavy atom. The second-order valence-electron chi connectivity index (χ2n) is 10.7. The van der Waals surface area contributed by atoms with E-state index in [1.54, 1.807) is 0 Å². The summed E-state index contributed by atoms with van der Waals surface area (Å²) in [7, 11) is 0. The lowest BCUT2D eigenvalue weighted by atomic mass is 9.85. The van der Waals surface area contributed by atoms with Gasteiger partial charge in [-0.2, -0.15) is 0 Å². The highest BCUT2D eigenvalue weighted by Gasteiger charge is 2.20. The highest BCUT2D eigenvalue weighted by Crippen LogP contribution is 2.44. The third-order valence-electron chi connectivity index (χ3n) is 6.78. The Labute approximate surface area is 208 Å². The van der Waals surface area contributed by atoms with Crippen molar-refractivity contribution in [2.24, 2.45) is 0 Å². The van der Waals surface area contributed by atoms with Crippen LogP contribution in [0.5, 0.6) is 11.5 Å². The summed E-state index contributed by atoms with van der Waals surface area (Å²) < 4.78 is 13.1. The summed E-state index contributed by atoms with van der Waals surface area (Å²) in [5.74, 6) is 2.03. The first kappa shape index (κ1) is 26.4. The lowest BCUT2D eigenvalue weighted by Gasteiger charge is -2.22. The number of rotatable bonds is 14. The lowest BCUT2D eigenvalue weighted by Crippen LogP contribution is -2.11. The van der Waals surface area contributed by atoms with Crippen LogP contribution in [0.15, 0.2) is 42.5 Å². The third kappa shape index (κ3) is 6.90. The average Bonchev–Trinajstić information content (AvgIpc) is 2.83. The standard InChI is InChI=1S/C32H46O2/c1-6-8-10-12-16-22-33-30-26-18-14-15-19-27(26)31(34-23-17-13-11-9-7-2)29-24-25(32(3,4)5)20-21-28(29)30/h14-15,18-21,24H,6-13,16-17,22-23H2,1-5H3. The minimum atomic E-state index is 0.0809. The summed E-state index contributed by atoms with van der Waals surface area (Å²) in [6, 6.07) is 15.5. The van der Waals surface area contributed by atoms with Crippen molar-refractivity contribution in [3.8, 4) is 11.5 Å². The minimum absolute atomic E-state index is 0.0809. The van der Waals surface area contributed by atoms with E-state index >= 15 is 0 Å². The van der Waals surface area contributed by atoms with Gasteiger partial charge in [0.05, 0.1) is 13.2 Å². The molecule has 0 spiro atoms. The molecule has 0 saturated heterocycles. The molecule has 0 N–H and O–H groups in total. The monoisotopic (exact) mass is 462 g/mol. The Morgan fingerprint density at radius 1 is 0.559 bits per heavy atom. The molecular weight excluding hydrogens is 416 g/mol. The molecule has 0 radical (unpaired) electrons. The van der Waals surface area contributed by atoms with Crippen LogP contribution in [0.4, 0.5) is 0 Å². The number of benzene rings is 3. The number of hydrogen-bond acceptors (Lipinski definition) is 2. The summed E-state index contributed by atoms with van der Waals surface area (Å²) in [5, 5.41) is 4.67. The zero-order valence-electron chi connectivity index (χ0n) is 22.3. The van der Waals surface area contributed by atoms with E-state index in [1.807, 2.05) is 0 Å². The quantitative estimate of drug-likeness (QED) is 0.175. The molecular formula is C32H46O2. The van der Waals surface area contributed by atoms with Crippen LogP contribution in [-0.4, -0.2) is 13.2 Å². The maximum Gasteiger partial charge on any atom is 0.135 e. The largest absolute Gasteiger partial charge is 0.492 e. The first-order valence-corrected chi connectivity index (χ1v) is 13.7. The van der Waals surface area contributed by atoms with Gasteiger partial charge in [-0.3, -0.25) is 0 Å². The number of ether oxygens (including phenoxy) is 2. The molecule has 0 bridgehead atoms. The second-order valence-corrected chi connectivity index (χ2v) is 10.7. The van der Waals surface area contributed by atoms with E-state index in [2.05, 4.69) is 77.1 Å². The van der Waals surface area contributed by atoms with Crippen LogP contribution in [-0.2, 0) is 5.41 Å². The van der Waals surface area contributed by atoms with E-state index in [0.29, 0.717) is 0 Å². The maximum absolute atomic E-state index is 6.55. The van der Waals surface area contributed by atoms with Crippen molar-refractivity contribution < 1.29 is 9.47 Å². The fourth-order valence-electron chi connectivity index (χ4n) is 4.64. The van der Waals surface area contributed by atoms with Crippen LogP contribution in [0.3, 0.4) is 0 Å². The molecule has 0 aliphatic rings. The summed E-state index contributed by atoms with van der Waals surface area (Å²) in [4.78, 5) is 0. The fraction of sp³-hybridized carbons (Fsp3) is 0.562. The van der Waals surface area contributed by atoms with E-state index in [4.69, 9.17) is 9.47 Å². The molecule has 0 fully saturated rings. The molecule has 0 aliphatic carbocycles. The van der Waals surface area contributed by atoms with Crippen molar-refractivity contribution in [2.45, 2.75) is 104 Å². The molecule has 0 unspecified atom stereocenters. The van der Waals surface area contributed by atoms with Gasteiger partial charge in [0.15, 0.2) is 0 Å². The van der Waals surface area contributed by atoms with Crippen molar-refractivity contribution in [1.29, 1.82) is 0 Å². The molecule has 3 aromatic carbocycles. The second kappa shape index (κ2) is 13.0. The summed E-state index contributed by atoms with van der Waals surface area (Å²) >= 11 is 0. The van der Waals surface area contributed by atoms with Gasteiger partial charge in [0, 0.05) is 21.5 Å². The normalized spacial score (nSPS) is 11.9. The molecule has 0 amide bonds. The molecule has 3 aromatic rings. The molecule has 34 heavy (non-hydrogen) atoms. The molecule has 0 atom stereocenters. The van der Waals surface area contributed by atoms with Gasteiger partial charge in [0.25, 0.3) is 0 Å². The number of unbranched alkanes of at least 4 members (excludes halogenated alkanes) is 8. The van der Waals surface area contributed by atoms with Gasteiger partial charge in [-0.25, -0.2) is 0 Å². The number of fused-ring (bicyclic) bond motifs is 2. The fourth-order valence-corrected chi connectivity index (χ4v) is 4.64. The summed E-state index contributed by atoms with van der Waals surface area (Å²) in [6.07, 6.45) is 12.4. The van der Waals surface area contributed by atoms with Gasteiger partial charge in [-0.1, -0.05) is 122 Å². The lowest BCUT2D eigenvalue weighted by molar-refractivity contribution is 0.306. The Morgan fingerprint density at radius 3 is 1.53 bits per heavy atom. The van der Waals surface area contributed by atoms with Gasteiger partial charge in [-0.05, 0) is 29.9 Å². The molecule has 2 nitrogen and oxygen atoms in total. The summed E-state index contributed by atoms with van der Waals surface area (Å²) in [5.41, 5.74) is 1.41. The molecule has 2 heteroatoms. The smallest absolute Gasteiger partial charge is 0.135 e. The topological polar surface area (TPSA) is 18.5 Å². The Hall–Kier alpha value is -2.22. The van der Waals surface area contributed by atoms with Crippen LogP contribution in [0.2, 0.25) is 0 Å². The average molecular weight is 463 g/mol. The predicted octanol–water partition coefficient (Wildman–Crippen LogP) is 9.99. The highest BCUT2D eigenvalue weighted by atomic mass is 16.5. The summed E-state index contributed by atoms with van der Waals surface area (Å²) in [6.45, 7) is 12.9. The Bertz CT molecular complexity index is 1030. The van der Waals surface area contributed by atoms with E-state index in [0.717, 1.165) is 48.3 Å². The van der Waals surface area contributed by atoms with Gasteiger partial charge in [0.2, 0.25) is 0 Å². The molecule has 3 rings (SSSR count). The van der Waals surface area contributed by atoms with Crippen molar-refractivity contribution >= 4 is 21.5 Å². The van der Waals surface area contributed by atoms with Crippen LogP contribution in [0, 0.1) is 0 Å². The van der Waals surface area contributed by atoms with E-state index < -0.39 is 0 Å². The van der Waals surface area contributed by atoms with Crippen LogP contribution in [0.1, 0.15) is 104 Å². The first-order valence-electron chi connectivity index (χ1n) is 13.7. The van der Waals surface area contributed by atoms with Gasteiger partial charge in [-0.15, -0.1) is 0 Å². The van der Waals surface area contributed by atoms with E-state index in [1.165, 1.54) is 67.7 Å². The van der Waals surface area contributed by atoms with E-state index in [9.17, 15) is 0 Å². The van der Waals surface area contributed by atoms with Gasteiger partial charge >= 0.3 is 0 Å². The van der Waals surface area contributed by atoms with E-state index in [-0.39, 0.29) is 5.41 Å². The van der Waals surface area contributed by atoms with Crippen molar-refractivity contribution in [2.75, 3.05) is 13.2 Å². The van der Waals surface area contributed by atoms with Gasteiger partial charge in [0.1, 0.15) is 11.5 Å². The zero-order valence-corrected chi connectivity index (χ0v) is 22.3. The maximum atomic E-state index is 6.55. The Kier molecular flexibility index (Phi) is 10.1. The number of hydrogen-bond donors (Lipinski definition) is 0. The molecule has 0 saturated carbocycles. The van der Waals surface area contributed by atoms with Crippen LogP contribution in [0.25, 0.3) is 21.5 Å². The third-order valence-corrected chi connectivity index (χ3v) is 6.78. The van der Waals surface area contributed by atoms with Gasteiger partial charge < -0.3 is 9.47 Å². The first-order chi connectivity index (χ1) is 16.5. The molecule has 0 heterocycles. The molecule has 0 aliphatic heterocycles. The van der Waals surface area contributed by atoms with Crippen molar-refractivity contribution in [3.63, 3.8) is 0 Å². The molecule has 0 aromatic heterocycles. The predicted molar refractivity (Wildman–Crippen MR) is 149 cm³/mol. The Balaban J connectivity index is 1.97.